The first-order chi connectivity index (χ1) is 8.86. The van der Waals surface area contributed by atoms with Crippen LogP contribution in [0.4, 0.5) is 0 Å². The summed E-state index contributed by atoms with van der Waals surface area (Å²) in [5, 5.41) is 12.8. The number of rotatable bonds is 5. The highest BCUT2D eigenvalue weighted by molar-refractivity contribution is 7.88. The molecule has 1 amide bonds. The number of sulfonamides is 1. The number of aliphatic hydroxyl groups is 1. The fraction of sp³-hybridized carbons (Fsp3) is 0.909. The van der Waals surface area contributed by atoms with E-state index in [0.717, 1.165) is 19.3 Å². The molecular weight excluding hydrogens is 306 g/mol. The number of amides is 1. The number of fused-ring (bicyclic) bond motifs is 1. The second-order valence-electron chi connectivity index (χ2n) is 5.54. The molecule has 0 aromatic heterocycles. The van der Waals surface area contributed by atoms with Gasteiger partial charge in [-0.05, 0) is 5.92 Å². The molecule has 118 valence electrons. The predicted octanol–water partition coefficient (Wildman–Crippen LogP) is -1.61. The maximum atomic E-state index is 12.0. The molecule has 2 aliphatic rings. The first-order valence-corrected chi connectivity index (χ1v) is 8.29. The van der Waals surface area contributed by atoms with Gasteiger partial charge in [0, 0.05) is 44.6 Å². The summed E-state index contributed by atoms with van der Waals surface area (Å²) in [4.78, 5) is 13.8. The molecule has 9 heteroatoms. The SMILES string of the molecule is CS(=O)(=O)NCCC(=O)N1CC2CNCC2(CO)C1.Cl. The summed E-state index contributed by atoms with van der Waals surface area (Å²) >= 11 is 0. The molecule has 3 N–H and O–H groups in total. The third-order valence-electron chi connectivity index (χ3n) is 4.05. The molecule has 2 heterocycles. The maximum Gasteiger partial charge on any atom is 0.223 e. The summed E-state index contributed by atoms with van der Waals surface area (Å²) in [6, 6.07) is 0. The van der Waals surface area contributed by atoms with E-state index in [1.807, 2.05) is 0 Å². The lowest BCUT2D eigenvalue weighted by molar-refractivity contribution is -0.130. The van der Waals surface area contributed by atoms with E-state index in [4.69, 9.17) is 0 Å². The van der Waals surface area contributed by atoms with Crippen LogP contribution in [0.1, 0.15) is 6.42 Å². The highest BCUT2D eigenvalue weighted by atomic mass is 35.5. The Morgan fingerprint density at radius 3 is 2.80 bits per heavy atom. The summed E-state index contributed by atoms with van der Waals surface area (Å²) in [6.07, 6.45) is 1.23. The van der Waals surface area contributed by atoms with Crippen molar-refractivity contribution in [2.75, 3.05) is 45.6 Å². The Hall–Kier alpha value is -0.410. The fourth-order valence-electron chi connectivity index (χ4n) is 2.94. The van der Waals surface area contributed by atoms with E-state index < -0.39 is 10.0 Å². The lowest BCUT2D eigenvalue weighted by Crippen LogP contribution is -2.38. The standard InChI is InChI=1S/C11H21N3O4S.ClH/c1-19(17,18)13-3-2-10(16)14-5-9-4-12-6-11(9,7-14)8-15;/h9,12-13,15H,2-8H2,1H3;1H. The van der Waals surface area contributed by atoms with Gasteiger partial charge in [-0.2, -0.15) is 0 Å². The number of likely N-dealkylation sites (tertiary alicyclic amines) is 1. The van der Waals surface area contributed by atoms with Gasteiger partial charge >= 0.3 is 0 Å². The van der Waals surface area contributed by atoms with Gasteiger partial charge in [-0.3, -0.25) is 4.79 Å². The quantitative estimate of drug-likeness (QED) is 0.564. The van der Waals surface area contributed by atoms with E-state index in [2.05, 4.69) is 10.0 Å². The van der Waals surface area contributed by atoms with Crippen LogP contribution in [0.3, 0.4) is 0 Å². The Kier molecular flexibility index (Phi) is 5.79. The van der Waals surface area contributed by atoms with Crippen LogP contribution in [-0.4, -0.2) is 69.9 Å². The molecule has 0 radical (unpaired) electrons. The topological polar surface area (TPSA) is 98.7 Å². The molecule has 7 nitrogen and oxygen atoms in total. The number of nitrogens with zero attached hydrogens (tertiary/aromatic N) is 1. The summed E-state index contributed by atoms with van der Waals surface area (Å²) in [5.74, 6) is 0.239. The maximum absolute atomic E-state index is 12.0. The zero-order valence-electron chi connectivity index (χ0n) is 11.5. The highest BCUT2D eigenvalue weighted by Crippen LogP contribution is 2.38. The second-order valence-corrected chi connectivity index (χ2v) is 7.37. The van der Waals surface area contributed by atoms with E-state index in [1.165, 1.54) is 0 Å². The van der Waals surface area contributed by atoms with Gasteiger partial charge in [0.1, 0.15) is 0 Å². The van der Waals surface area contributed by atoms with Crippen LogP contribution in [-0.2, 0) is 14.8 Å². The monoisotopic (exact) mass is 327 g/mol. The highest BCUT2D eigenvalue weighted by Gasteiger charge is 2.50. The Bertz CT molecular complexity index is 459. The molecule has 2 atom stereocenters. The summed E-state index contributed by atoms with van der Waals surface area (Å²) in [6.45, 7) is 2.97. The average molecular weight is 328 g/mol. The number of aliphatic hydroxyl groups excluding tert-OH is 1. The minimum absolute atomic E-state index is 0. The van der Waals surface area contributed by atoms with Crippen molar-refractivity contribution < 1.29 is 18.3 Å². The molecule has 2 aliphatic heterocycles. The van der Waals surface area contributed by atoms with Crippen molar-refractivity contribution in [3.63, 3.8) is 0 Å². The molecule has 0 saturated carbocycles. The van der Waals surface area contributed by atoms with Crippen LogP contribution >= 0.6 is 12.4 Å². The summed E-state index contributed by atoms with van der Waals surface area (Å²) in [7, 11) is -3.25. The normalized spacial score (nSPS) is 29.1. The second kappa shape index (κ2) is 6.57. The van der Waals surface area contributed by atoms with Crippen molar-refractivity contribution >= 4 is 28.3 Å². The van der Waals surface area contributed by atoms with Crippen molar-refractivity contribution in [2.24, 2.45) is 11.3 Å². The molecule has 2 saturated heterocycles. The molecule has 2 fully saturated rings. The van der Waals surface area contributed by atoms with E-state index in [9.17, 15) is 18.3 Å². The number of carbonyl (C=O) groups is 1. The van der Waals surface area contributed by atoms with Crippen LogP contribution in [0.2, 0.25) is 0 Å². The van der Waals surface area contributed by atoms with Crippen molar-refractivity contribution in [1.29, 1.82) is 0 Å². The zero-order chi connectivity index (χ0) is 14.1. The summed E-state index contributed by atoms with van der Waals surface area (Å²) in [5.41, 5.74) is -0.208. The number of hydrogen-bond donors (Lipinski definition) is 3. The largest absolute Gasteiger partial charge is 0.396 e. The van der Waals surface area contributed by atoms with E-state index >= 15 is 0 Å². The first-order valence-electron chi connectivity index (χ1n) is 6.40. The van der Waals surface area contributed by atoms with Gasteiger partial charge in [-0.15, -0.1) is 12.4 Å². The average Bonchev–Trinajstić information content (AvgIpc) is 2.83. The van der Waals surface area contributed by atoms with Gasteiger partial charge in [0.2, 0.25) is 15.9 Å². The number of halogens is 1. The van der Waals surface area contributed by atoms with Gasteiger partial charge in [0.05, 0.1) is 12.9 Å². The van der Waals surface area contributed by atoms with Crippen LogP contribution in [0.15, 0.2) is 0 Å². The zero-order valence-corrected chi connectivity index (χ0v) is 13.1. The van der Waals surface area contributed by atoms with Crippen molar-refractivity contribution in [2.45, 2.75) is 6.42 Å². The molecule has 0 aliphatic carbocycles. The van der Waals surface area contributed by atoms with Gasteiger partial charge in [0.15, 0.2) is 0 Å². The predicted molar refractivity (Wildman–Crippen MR) is 77.2 cm³/mol. The van der Waals surface area contributed by atoms with E-state index in [1.54, 1.807) is 4.90 Å². The van der Waals surface area contributed by atoms with Crippen LogP contribution in [0, 0.1) is 11.3 Å². The lowest BCUT2D eigenvalue weighted by Gasteiger charge is -2.25. The molecular formula is C11H22ClN3O4S. The van der Waals surface area contributed by atoms with Gasteiger partial charge in [0.25, 0.3) is 0 Å². The Labute approximate surface area is 125 Å². The molecule has 0 bridgehead atoms. The van der Waals surface area contributed by atoms with Crippen LogP contribution < -0.4 is 10.0 Å². The van der Waals surface area contributed by atoms with Crippen LogP contribution in [0.25, 0.3) is 0 Å². The van der Waals surface area contributed by atoms with Crippen molar-refractivity contribution in [1.82, 2.24) is 14.9 Å². The smallest absolute Gasteiger partial charge is 0.223 e. The molecule has 2 rings (SSSR count). The molecule has 0 aromatic rings. The molecule has 0 spiro atoms. The van der Waals surface area contributed by atoms with Gasteiger partial charge in [-0.25, -0.2) is 13.1 Å². The molecule has 2 unspecified atom stereocenters. The fourth-order valence-corrected chi connectivity index (χ4v) is 3.41. The van der Waals surface area contributed by atoms with E-state index in [0.29, 0.717) is 19.0 Å². The number of nitrogens with one attached hydrogen (secondary N) is 2. The minimum atomic E-state index is -3.25. The minimum Gasteiger partial charge on any atom is -0.396 e. The Balaban J connectivity index is 0.00000200. The summed E-state index contributed by atoms with van der Waals surface area (Å²) < 4.78 is 24.1. The van der Waals surface area contributed by atoms with Gasteiger partial charge < -0.3 is 15.3 Å². The Morgan fingerprint density at radius 1 is 1.55 bits per heavy atom. The lowest BCUT2D eigenvalue weighted by atomic mass is 9.82. The van der Waals surface area contributed by atoms with Crippen molar-refractivity contribution in [3.05, 3.63) is 0 Å². The first kappa shape index (κ1) is 17.6. The van der Waals surface area contributed by atoms with Crippen LogP contribution in [0.5, 0.6) is 0 Å². The molecule has 20 heavy (non-hydrogen) atoms. The van der Waals surface area contributed by atoms with Gasteiger partial charge in [-0.1, -0.05) is 0 Å². The molecule has 0 aromatic carbocycles. The third-order valence-corrected chi connectivity index (χ3v) is 4.78. The number of carbonyl (C=O) groups excluding carboxylic acids is 1. The number of hydrogen-bond acceptors (Lipinski definition) is 5. The van der Waals surface area contributed by atoms with Crippen molar-refractivity contribution in [3.8, 4) is 0 Å². The third kappa shape index (κ3) is 3.82. The Morgan fingerprint density at radius 2 is 2.25 bits per heavy atom. The van der Waals surface area contributed by atoms with E-state index in [-0.39, 0.29) is 43.3 Å².